The van der Waals surface area contributed by atoms with Crippen molar-refractivity contribution in [1.82, 2.24) is 5.32 Å². The fraction of sp³-hybridized carbons (Fsp3) is 0.647. The molecular weight excluding hydrogens is 250 g/mol. The van der Waals surface area contributed by atoms with Gasteiger partial charge in [0.25, 0.3) is 0 Å². The van der Waals surface area contributed by atoms with E-state index in [1.165, 1.54) is 16.7 Å². The molecule has 1 aromatic rings. The highest BCUT2D eigenvalue weighted by molar-refractivity contribution is 5.42. The van der Waals surface area contributed by atoms with Gasteiger partial charge in [0.2, 0.25) is 0 Å². The summed E-state index contributed by atoms with van der Waals surface area (Å²) in [6.45, 7) is 6.52. The van der Waals surface area contributed by atoms with Gasteiger partial charge < -0.3 is 15.2 Å². The zero-order chi connectivity index (χ0) is 14.8. The lowest BCUT2D eigenvalue weighted by atomic mass is 9.80. The Morgan fingerprint density at radius 3 is 2.75 bits per heavy atom. The molecule has 0 saturated heterocycles. The van der Waals surface area contributed by atoms with Gasteiger partial charge in [-0.05, 0) is 69.8 Å². The molecule has 3 heteroatoms. The molecule has 0 heterocycles. The van der Waals surface area contributed by atoms with Crippen LogP contribution in [0, 0.1) is 20.8 Å². The molecule has 1 aromatic carbocycles. The second-order valence-corrected chi connectivity index (χ2v) is 6.23. The number of aliphatic hydroxyl groups excluding tert-OH is 1. The first-order valence-corrected chi connectivity index (χ1v) is 7.54. The maximum atomic E-state index is 9.65. The lowest BCUT2D eigenvalue weighted by Gasteiger charge is -2.39. The third-order valence-electron chi connectivity index (χ3n) is 4.69. The molecule has 0 bridgehead atoms. The maximum Gasteiger partial charge on any atom is 0.123 e. The van der Waals surface area contributed by atoms with Crippen LogP contribution in [-0.4, -0.2) is 30.4 Å². The van der Waals surface area contributed by atoms with E-state index in [9.17, 15) is 5.11 Å². The van der Waals surface area contributed by atoms with Gasteiger partial charge in [0.15, 0.2) is 0 Å². The van der Waals surface area contributed by atoms with Crippen LogP contribution in [0.4, 0.5) is 0 Å². The Morgan fingerprint density at radius 1 is 1.35 bits per heavy atom. The molecule has 2 N–H and O–H groups in total. The molecule has 1 aliphatic rings. The zero-order valence-electron chi connectivity index (χ0n) is 13.1. The molecule has 0 aliphatic heterocycles. The van der Waals surface area contributed by atoms with Crippen molar-refractivity contribution in [3.8, 4) is 5.75 Å². The van der Waals surface area contributed by atoms with Crippen molar-refractivity contribution < 1.29 is 9.84 Å². The van der Waals surface area contributed by atoms with Crippen LogP contribution < -0.4 is 10.1 Å². The summed E-state index contributed by atoms with van der Waals surface area (Å²) >= 11 is 0. The number of ether oxygens (including phenoxy) is 1. The van der Waals surface area contributed by atoms with Gasteiger partial charge in [0, 0.05) is 12.0 Å². The van der Waals surface area contributed by atoms with E-state index in [4.69, 9.17) is 4.74 Å². The van der Waals surface area contributed by atoms with E-state index in [2.05, 4.69) is 38.2 Å². The van der Waals surface area contributed by atoms with Crippen molar-refractivity contribution >= 4 is 0 Å². The van der Waals surface area contributed by atoms with E-state index in [0.717, 1.165) is 31.4 Å². The SMILES string of the molecule is CNC1(CO)CCCC(Oc2cc(C)cc(C)c2C)C1. The highest BCUT2D eigenvalue weighted by Crippen LogP contribution is 2.32. The second kappa shape index (κ2) is 6.15. The minimum absolute atomic E-state index is 0.171. The summed E-state index contributed by atoms with van der Waals surface area (Å²) in [7, 11) is 1.93. The summed E-state index contributed by atoms with van der Waals surface area (Å²) in [6, 6.07) is 4.31. The van der Waals surface area contributed by atoms with Crippen LogP contribution in [0.5, 0.6) is 5.75 Å². The standard InChI is InChI=1S/C17H27NO2/c1-12-8-13(2)14(3)16(9-12)20-15-6-5-7-17(10-15,11-19)18-4/h8-9,15,18-19H,5-7,10-11H2,1-4H3. The lowest BCUT2D eigenvalue weighted by Crippen LogP contribution is -2.52. The number of hydrogen-bond donors (Lipinski definition) is 2. The van der Waals surface area contributed by atoms with Gasteiger partial charge >= 0.3 is 0 Å². The highest BCUT2D eigenvalue weighted by atomic mass is 16.5. The largest absolute Gasteiger partial charge is 0.490 e. The fourth-order valence-electron chi connectivity index (χ4n) is 3.16. The van der Waals surface area contributed by atoms with Crippen molar-refractivity contribution in [1.29, 1.82) is 0 Å². The number of benzene rings is 1. The summed E-state index contributed by atoms with van der Waals surface area (Å²) in [5.74, 6) is 0.998. The Kier molecular flexibility index (Phi) is 4.71. The van der Waals surface area contributed by atoms with Crippen molar-refractivity contribution in [2.45, 2.75) is 58.1 Å². The predicted molar refractivity (Wildman–Crippen MR) is 82.4 cm³/mol. The topological polar surface area (TPSA) is 41.5 Å². The van der Waals surface area contributed by atoms with Crippen LogP contribution in [0.1, 0.15) is 42.4 Å². The zero-order valence-corrected chi connectivity index (χ0v) is 13.1. The van der Waals surface area contributed by atoms with Gasteiger partial charge in [-0.3, -0.25) is 0 Å². The van der Waals surface area contributed by atoms with E-state index in [0.29, 0.717) is 0 Å². The molecule has 0 amide bonds. The maximum absolute atomic E-state index is 9.65. The minimum Gasteiger partial charge on any atom is -0.490 e. The first kappa shape index (κ1) is 15.3. The van der Waals surface area contributed by atoms with E-state index in [1.807, 2.05) is 7.05 Å². The van der Waals surface area contributed by atoms with E-state index in [-0.39, 0.29) is 18.2 Å². The fourth-order valence-corrected chi connectivity index (χ4v) is 3.16. The van der Waals surface area contributed by atoms with Gasteiger partial charge in [0.05, 0.1) is 6.61 Å². The molecule has 2 unspecified atom stereocenters. The number of hydrogen-bond acceptors (Lipinski definition) is 3. The van der Waals surface area contributed by atoms with Crippen LogP contribution >= 0.6 is 0 Å². The number of rotatable bonds is 4. The van der Waals surface area contributed by atoms with Gasteiger partial charge in [-0.25, -0.2) is 0 Å². The summed E-state index contributed by atoms with van der Waals surface area (Å²) in [5, 5.41) is 12.9. The average Bonchev–Trinajstić information content (AvgIpc) is 2.44. The normalized spacial score (nSPS) is 26.6. The molecule has 112 valence electrons. The van der Waals surface area contributed by atoms with Gasteiger partial charge in [0.1, 0.15) is 11.9 Å². The molecule has 2 rings (SSSR count). The van der Waals surface area contributed by atoms with Crippen LogP contribution in [0.2, 0.25) is 0 Å². The Labute approximate surface area is 122 Å². The Morgan fingerprint density at radius 2 is 2.10 bits per heavy atom. The number of nitrogens with one attached hydrogen (secondary N) is 1. The second-order valence-electron chi connectivity index (χ2n) is 6.23. The summed E-state index contributed by atoms with van der Waals surface area (Å²) in [6.07, 6.45) is 4.23. The first-order valence-electron chi connectivity index (χ1n) is 7.54. The highest BCUT2D eigenvalue weighted by Gasteiger charge is 2.35. The molecule has 1 aliphatic carbocycles. The molecule has 3 nitrogen and oxygen atoms in total. The molecule has 0 radical (unpaired) electrons. The molecule has 2 atom stereocenters. The smallest absolute Gasteiger partial charge is 0.123 e. The number of likely N-dealkylation sites (N-methyl/N-ethyl adjacent to an activating group) is 1. The van der Waals surface area contributed by atoms with Crippen molar-refractivity contribution in [3.63, 3.8) is 0 Å². The van der Waals surface area contributed by atoms with Gasteiger partial charge in [-0.2, -0.15) is 0 Å². The van der Waals surface area contributed by atoms with Crippen LogP contribution in [0.25, 0.3) is 0 Å². The predicted octanol–water partition coefficient (Wildman–Crippen LogP) is 2.88. The van der Waals surface area contributed by atoms with Gasteiger partial charge in [-0.1, -0.05) is 6.07 Å². The van der Waals surface area contributed by atoms with E-state index < -0.39 is 0 Å². The third kappa shape index (κ3) is 3.15. The number of aliphatic hydroxyl groups is 1. The Hall–Kier alpha value is -1.06. The monoisotopic (exact) mass is 277 g/mol. The minimum atomic E-state index is -0.171. The Bertz CT molecular complexity index is 466. The van der Waals surface area contributed by atoms with Crippen molar-refractivity contribution in [2.75, 3.05) is 13.7 Å². The summed E-state index contributed by atoms with van der Waals surface area (Å²) < 4.78 is 6.26. The number of aryl methyl sites for hydroxylation is 2. The summed E-state index contributed by atoms with van der Waals surface area (Å²) in [5.41, 5.74) is 3.56. The molecular formula is C17H27NO2. The molecule has 0 aromatic heterocycles. The van der Waals surface area contributed by atoms with Gasteiger partial charge in [-0.15, -0.1) is 0 Å². The van der Waals surface area contributed by atoms with Crippen LogP contribution in [0.3, 0.4) is 0 Å². The lowest BCUT2D eigenvalue weighted by molar-refractivity contribution is 0.0550. The molecule has 1 saturated carbocycles. The molecule has 0 spiro atoms. The molecule has 20 heavy (non-hydrogen) atoms. The Balaban J connectivity index is 2.14. The summed E-state index contributed by atoms with van der Waals surface area (Å²) in [4.78, 5) is 0. The van der Waals surface area contributed by atoms with Crippen molar-refractivity contribution in [3.05, 3.63) is 28.8 Å². The molecule has 1 fully saturated rings. The van der Waals surface area contributed by atoms with Crippen LogP contribution in [-0.2, 0) is 0 Å². The van der Waals surface area contributed by atoms with Crippen molar-refractivity contribution in [2.24, 2.45) is 0 Å². The quantitative estimate of drug-likeness (QED) is 0.889. The third-order valence-corrected chi connectivity index (χ3v) is 4.69. The first-order chi connectivity index (χ1) is 9.49. The van der Waals surface area contributed by atoms with Crippen LogP contribution in [0.15, 0.2) is 12.1 Å². The average molecular weight is 277 g/mol. The van der Waals surface area contributed by atoms with E-state index in [1.54, 1.807) is 0 Å². The van der Waals surface area contributed by atoms with E-state index >= 15 is 0 Å².